The number of esters is 1. The van der Waals surface area contributed by atoms with Crippen molar-refractivity contribution in [2.24, 2.45) is 0 Å². The van der Waals surface area contributed by atoms with E-state index >= 15 is 4.39 Å². The zero-order valence-corrected chi connectivity index (χ0v) is 20.5. The van der Waals surface area contributed by atoms with Gasteiger partial charge in [0.15, 0.2) is 17.3 Å². The van der Waals surface area contributed by atoms with E-state index in [1.54, 1.807) is 30.6 Å². The van der Waals surface area contributed by atoms with Crippen LogP contribution >= 0.6 is 7.75 Å². The van der Waals surface area contributed by atoms with Gasteiger partial charge >= 0.3 is 19.4 Å². The van der Waals surface area contributed by atoms with Gasteiger partial charge in [-0.15, -0.1) is 0 Å². The summed E-state index contributed by atoms with van der Waals surface area (Å²) in [5.74, 6) is -2.15. The van der Waals surface area contributed by atoms with Gasteiger partial charge in [-0.25, -0.2) is 13.8 Å². The first-order valence-electron chi connectivity index (χ1n) is 10.7. The minimum atomic E-state index is -4.32. The minimum Gasteiger partial charge on any atom is -0.506 e. The fraction of sp³-hybridized carbons (Fsp3) is 0.381. The van der Waals surface area contributed by atoms with E-state index in [9.17, 15) is 19.3 Å². The Morgan fingerprint density at radius 3 is 2.67 bits per heavy atom. The van der Waals surface area contributed by atoms with Crippen molar-refractivity contribution in [1.29, 1.82) is 0 Å². The minimum absolute atomic E-state index is 0.0875. The summed E-state index contributed by atoms with van der Waals surface area (Å²) >= 11 is 0. The average molecular weight is 528 g/mol. The van der Waals surface area contributed by atoms with Crippen LogP contribution in [0.4, 0.5) is 10.2 Å². The highest BCUT2D eigenvalue weighted by molar-refractivity contribution is 7.52. The number of anilines is 1. The molecule has 1 aromatic heterocycles. The number of rotatable bonds is 11. The molecule has 1 aromatic carbocycles. The Bertz CT molecular complexity index is 1220. The number of aliphatic hydroxyl groups is 1. The number of nitrogens with one attached hydrogen (secondary N) is 2. The van der Waals surface area contributed by atoms with Gasteiger partial charge < -0.3 is 19.1 Å². The van der Waals surface area contributed by atoms with E-state index in [1.807, 2.05) is 0 Å². The molecular formula is C21H26FN4O9P. The summed E-state index contributed by atoms with van der Waals surface area (Å²) in [5, 5.41) is 21.8. The third kappa shape index (κ3) is 6.02. The van der Waals surface area contributed by atoms with E-state index in [0.29, 0.717) is 0 Å². The summed E-state index contributed by atoms with van der Waals surface area (Å²) in [5.41, 5.74) is -1.90. The molecule has 3 rings (SSSR count). The van der Waals surface area contributed by atoms with Crippen LogP contribution in [0.5, 0.6) is 5.75 Å². The lowest BCUT2D eigenvalue weighted by Crippen LogP contribution is -2.37. The lowest BCUT2D eigenvalue weighted by Gasteiger charge is -2.24. The van der Waals surface area contributed by atoms with Crippen LogP contribution in [0.1, 0.15) is 27.0 Å². The standard InChI is InChI=1S/C21H26FN4O9P/c1-4-32-18(28)13(2)25-36(31,35-14-8-6-5-7-9-14)33-12-15-17(27)21(3,22)19(34-15)26-11-10-16(24-30)23-20(26)29/h5-11,13,19,27,30H,4,12H2,1-3H3,(H,25,31)(H,23,24,29)/t13-,19+,21?,36?/m0/s1. The maximum absolute atomic E-state index is 15.4. The summed E-state index contributed by atoms with van der Waals surface area (Å²) in [6, 6.07) is 7.98. The SMILES string of the molecule is CCOC(=O)[C@H](C)NP(=O)(OCC1=C(O)C(C)(F)[C@H](n2ccc(NO)nc2=O)O1)Oc1ccccc1. The molecule has 0 aliphatic carbocycles. The normalized spacial score (nSPS) is 21.9. The zero-order valence-electron chi connectivity index (χ0n) is 19.6. The lowest BCUT2D eigenvalue weighted by molar-refractivity contribution is -0.144. The molecule has 1 aliphatic rings. The predicted octanol–water partition coefficient (Wildman–Crippen LogP) is 2.82. The van der Waals surface area contributed by atoms with Gasteiger partial charge in [0.25, 0.3) is 0 Å². The van der Waals surface area contributed by atoms with E-state index in [4.69, 9.17) is 23.7 Å². The average Bonchev–Trinajstić information content (AvgIpc) is 3.06. The van der Waals surface area contributed by atoms with Crippen LogP contribution in [0.15, 0.2) is 58.9 Å². The predicted molar refractivity (Wildman–Crippen MR) is 123 cm³/mol. The molecule has 0 saturated heterocycles. The Labute approximate surface area is 205 Å². The van der Waals surface area contributed by atoms with Crippen molar-refractivity contribution < 1.29 is 42.6 Å². The van der Waals surface area contributed by atoms with Crippen molar-refractivity contribution in [1.82, 2.24) is 14.6 Å². The van der Waals surface area contributed by atoms with Gasteiger partial charge in [0, 0.05) is 6.20 Å². The molecule has 0 saturated carbocycles. The van der Waals surface area contributed by atoms with Gasteiger partial charge in [-0.3, -0.25) is 24.6 Å². The maximum atomic E-state index is 15.4. The number of nitrogens with zero attached hydrogens (tertiary/aromatic N) is 2. The van der Waals surface area contributed by atoms with Crippen molar-refractivity contribution in [2.45, 2.75) is 38.7 Å². The molecule has 1 aliphatic heterocycles. The van der Waals surface area contributed by atoms with Crippen LogP contribution in [0.2, 0.25) is 0 Å². The number of hydrogen-bond donors (Lipinski definition) is 4. The van der Waals surface area contributed by atoms with E-state index < -0.39 is 55.5 Å². The molecule has 2 aromatic rings. The van der Waals surface area contributed by atoms with Gasteiger partial charge in [-0.1, -0.05) is 18.2 Å². The van der Waals surface area contributed by atoms with Crippen molar-refractivity contribution in [3.8, 4) is 5.75 Å². The largest absolute Gasteiger partial charge is 0.506 e. The number of aliphatic hydroxyl groups excluding tert-OH is 1. The van der Waals surface area contributed by atoms with Crippen molar-refractivity contribution >= 4 is 19.5 Å². The second-order valence-electron chi connectivity index (χ2n) is 7.71. The highest BCUT2D eigenvalue weighted by Gasteiger charge is 2.51. The Morgan fingerprint density at radius 2 is 2.06 bits per heavy atom. The Kier molecular flexibility index (Phi) is 8.35. The van der Waals surface area contributed by atoms with Crippen molar-refractivity contribution in [3.05, 3.63) is 64.6 Å². The number of aromatic nitrogens is 2. The lowest BCUT2D eigenvalue weighted by atomic mass is 10.1. The van der Waals surface area contributed by atoms with Crippen molar-refractivity contribution in [2.75, 3.05) is 18.7 Å². The van der Waals surface area contributed by atoms with E-state index in [-0.39, 0.29) is 18.2 Å². The number of benzene rings is 1. The zero-order chi connectivity index (χ0) is 26.5. The number of carbonyl (C=O) groups is 1. The monoisotopic (exact) mass is 528 g/mol. The van der Waals surface area contributed by atoms with Crippen molar-refractivity contribution in [3.63, 3.8) is 0 Å². The Morgan fingerprint density at radius 1 is 1.36 bits per heavy atom. The molecular weight excluding hydrogens is 502 g/mol. The third-order valence-corrected chi connectivity index (χ3v) is 6.59. The first-order chi connectivity index (χ1) is 17.0. The molecule has 0 radical (unpaired) electrons. The maximum Gasteiger partial charge on any atom is 0.459 e. The van der Waals surface area contributed by atoms with Crippen LogP contribution < -0.4 is 20.8 Å². The molecule has 4 N–H and O–H groups in total. The molecule has 196 valence electrons. The summed E-state index contributed by atoms with van der Waals surface area (Å²) in [4.78, 5) is 27.8. The highest BCUT2D eigenvalue weighted by Crippen LogP contribution is 2.48. The van der Waals surface area contributed by atoms with E-state index in [2.05, 4.69) is 10.1 Å². The van der Waals surface area contributed by atoms with Crippen LogP contribution in [0, 0.1) is 0 Å². The highest BCUT2D eigenvalue weighted by atomic mass is 31.2. The quantitative estimate of drug-likeness (QED) is 0.191. The summed E-state index contributed by atoms with van der Waals surface area (Å²) in [6.45, 7) is 3.28. The van der Waals surface area contributed by atoms with Gasteiger partial charge in [0.2, 0.25) is 11.9 Å². The molecule has 15 heteroatoms. The Balaban J connectivity index is 1.82. The van der Waals surface area contributed by atoms with Gasteiger partial charge in [0.05, 0.1) is 6.61 Å². The topological polar surface area (TPSA) is 170 Å². The first kappa shape index (κ1) is 27.1. The Hall–Kier alpha value is -3.45. The number of hydrogen-bond acceptors (Lipinski definition) is 11. The second kappa shape index (κ2) is 11.1. The van der Waals surface area contributed by atoms with Gasteiger partial charge in [-0.05, 0) is 39.0 Å². The summed E-state index contributed by atoms with van der Waals surface area (Å²) < 4.78 is 50.9. The molecule has 13 nitrogen and oxygen atoms in total. The van der Waals surface area contributed by atoms with Crippen LogP contribution in [-0.4, -0.2) is 50.8 Å². The molecule has 2 unspecified atom stereocenters. The number of para-hydroxylation sites is 1. The third-order valence-electron chi connectivity index (χ3n) is 4.97. The molecule has 0 amide bonds. The van der Waals surface area contributed by atoms with E-state index in [0.717, 1.165) is 17.7 Å². The molecule has 2 heterocycles. The molecule has 0 fully saturated rings. The van der Waals surface area contributed by atoms with E-state index in [1.165, 1.54) is 25.1 Å². The summed E-state index contributed by atoms with van der Waals surface area (Å²) in [6.07, 6.45) is -0.593. The molecule has 0 spiro atoms. The van der Waals surface area contributed by atoms with Gasteiger partial charge in [-0.2, -0.15) is 10.1 Å². The second-order valence-corrected chi connectivity index (χ2v) is 9.40. The fourth-order valence-electron chi connectivity index (χ4n) is 3.18. The molecule has 0 bridgehead atoms. The number of alkyl halides is 1. The number of halogens is 1. The smallest absolute Gasteiger partial charge is 0.459 e. The molecule has 4 atom stereocenters. The molecule has 36 heavy (non-hydrogen) atoms. The van der Waals surface area contributed by atoms with Crippen LogP contribution in [-0.2, 0) is 23.4 Å². The number of ether oxygens (including phenoxy) is 2. The fourth-order valence-corrected chi connectivity index (χ4v) is 4.62. The number of carbonyl (C=O) groups excluding carboxylic acids is 1. The van der Waals surface area contributed by atoms with Gasteiger partial charge in [0.1, 0.15) is 18.4 Å². The summed E-state index contributed by atoms with van der Waals surface area (Å²) in [7, 11) is -4.32. The van der Waals surface area contributed by atoms with Crippen LogP contribution in [0.25, 0.3) is 0 Å². The first-order valence-corrected chi connectivity index (χ1v) is 12.3. The van der Waals surface area contributed by atoms with Crippen LogP contribution in [0.3, 0.4) is 0 Å².